The van der Waals surface area contributed by atoms with E-state index in [1.807, 2.05) is 24.3 Å². The molecule has 2 nitrogen and oxygen atoms in total. The second-order valence-corrected chi connectivity index (χ2v) is 3.94. The molecule has 16 heavy (non-hydrogen) atoms. The van der Waals surface area contributed by atoms with Crippen LogP contribution in [0.1, 0.15) is 24.4 Å². The van der Waals surface area contributed by atoms with Gasteiger partial charge in [0.15, 0.2) is 0 Å². The number of allylic oxidation sites excluding steroid dienone is 2. The molecular formula is C14H17NO. The maximum absolute atomic E-state index is 6.22. The van der Waals surface area contributed by atoms with Gasteiger partial charge in [0.05, 0.1) is 13.2 Å². The molecule has 0 bridgehead atoms. The van der Waals surface area contributed by atoms with Gasteiger partial charge in [0.2, 0.25) is 0 Å². The molecule has 84 valence electrons. The Morgan fingerprint density at radius 3 is 2.88 bits per heavy atom. The highest BCUT2D eigenvalue weighted by Gasteiger charge is 2.11. The first-order valence-electron chi connectivity index (χ1n) is 5.57. The van der Waals surface area contributed by atoms with E-state index in [1.54, 1.807) is 7.11 Å². The van der Waals surface area contributed by atoms with E-state index in [2.05, 4.69) is 18.2 Å². The van der Waals surface area contributed by atoms with Crippen LogP contribution in [0.2, 0.25) is 0 Å². The van der Waals surface area contributed by atoms with Crippen molar-refractivity contribution in [1.29, 1.82) is 0 Å². The van der Waals surface area contributed by atoms with E-state index in [9.17, 15) is 0 Å². The Labute approximate surface area is 96.4 Å². The van der Waals surface area contributed by atoms with E-state index in [0.29, 0.717) is 0 Å². The van der Waals surface area contributed by atoms with Crippen molar-refractivity contribution >= 4 is 0 Å². The van der Waals surface area contributed by atoms with Crippen LogP contribution >= 0.6 is 0 Å². The van der Waals surface area contributed by atoms with E-state index < -0.39 is 0 Å². The molecule has 1 aliphatic carbocycles. The second-order valence-electron chi connectivity index (χ2n) is 3.94. The summed E-state index contributed by atoms with van der Waals surface area (Å²) in [7, 11) is 1.67. The molecule has 0 heterocycles. The molecule has 2 N–H and O–H groups in total. The third-order valence-electron chi connectivity index (χ3n) is 2.84. The molecule has 1 atom stereocenters. The van der Waals surface area contributed by atoms with Gasteiger partial charge < -0.3 is 10.5 Å². The monoisotopic (exact) mass is 215 g/mol. The van der Waals surface area contributed by atoms with Crippen LogP contribution in [0.25, 0.3) is 0 Å². The molecule has 0 aromatic heterocycles. The van der Waals surface area contributed by atoms with Gasteiger partial charge in [-0.2, -0.15) is 0 Å². The predicted octanol–water partition coefficient (Wildman–Crippen LogP) is 2.97. The Morgan fingerprint density at radius 2 is 2.19 bits per heavy atom. The van der Waals surface area contributed by atoms with Gasteiger partial charge in [-0.3, -0.25) is 0 Å². The van der Waals surface area contributed by atoms with Crippen molar-refractivity contribution in [3.8, 4) is 5.75 Å². The molecule has 2 heteroatoms. The maximum Gasteiger partial charge on any atom is 0.119 e. The molecule has 0 fully saturated rings. The molecule has 0 saturated heterocycles. The molecule has 0 spiro atoms. The highest BCUT2D eigenvalue weighted by Crippen LogP contribution is 2.25. The highest BCUT2D eigenvalue weighted by molar-refractivity contribution is 5.38. The molecule has 2 rings (SSSR count). The number of ether oxygens (including phenoxy) is 1. The standard InChI is InChI=1S/C14H17NO/c1-16-13-9-5-8-12(10-13)14(15)11-6-3-2-4-7-11/h3,5-10,14H,2,4,15H2,1H3. The van der Waals surface area contributed by atoms with Gasteiger partial charge in [0.25, 0.3) is 0 Å². The summed E-state index contributed by atoms with van der Waals surface area (Å²) in [6, 6.07) is 7.89. The summed E-state index contributed by atoms with van der Waals surface area (Å²) >= 11 is 0. The Balaban J connectivity index is 2.22. The zero-order valence-electron chi connectivity index (χ0n) is 9.52. The van der Waals surface area contributed by atoms with Crippen molar-refractivity contribution < 1.29 is 4.74 Å². The molecule has 1 aliphatic rings. The van der Waals surface area contributed by atoms with Gasteiger partial charge >= 0.3 is 0 Å². The van der Waals surface area contributed by atoms with Crippen molar-refractivity contribution in [2.24, 2.45) is 5.73 Å². The zero-order chi connectivity index (χ0) is 11.4. The Morgan fingerprint density at radius 1 is 1.31 bits per heavy atom. The molecule has 0 saturated carbocycles. The number of methoxy groups -OCH3 is 1. The summed E-state index contributed by atoms with van der Waals surface area (Å²) in [6.45, 7) is 0. The molecule has 0 radical (unpaired) electrons. The lowest BCUT2D eigenvalue weighted by atomic mass is 9.95. The van der Waals surface area contributed by atoms with Crippen LogP contribution in [0.3, 0.4) is 0 Å². The van der Waals surface area contributed by atoms with E-state index in [0.717, 1.165) is 24.2 Å². The fraction of sp³-hybridized carbons (Fsp3) is 0.286. The average molecular weight is 215 g/mol. The summed E-state index contributed by atoms with van der Waals surface area (Å²) in [4.78, 5) is 0. The average Bonchev–Trinajstić information content (AvgIpc) is 2.39. The number of rotatable bonds is 3. The van der Waals surface area contributed by atoms with Crippen LogP contribution in [0.5, 0.6) is 5.75 Å². The van der Waals surface area contributed by atoms with Gasteiger partial charge in [-0.05, 0) is 36.1 Å². The summed E-state index contributed by atoms with van der Waals surface area (Å²) in [5.74, 6) is 0.855. The highest BCUT2D eigenvalue weighted by atomic mass is 16.5. The number of hydrogen-bond donors (Lipinski definition) is 1. The van der Waals surface area contributed by atoms with Gasteiger partial charge in [-0.1, -0.05) is 30.4 Å². The minimum absolute atomic E-state index is 0.0494. The van der Waals surface area contributed by atoms with Crippen molar-refractivity contribution in [2.45, 2.75) is 18.9 Å². The van der Waals surface area contributed by atoms with Crippen molar-refractivity contribution in [3.05, 3.63) is 53.6 Å². The van der Waals surface area contributed by atoms with Gasteiger partial charge in [-0.25, -0.2) is 0 Å². The fourth-order valence-electron chi connectivity index (χ4n) is 1.89. The lowest BCUT2D eigenvalue weighted by Crippen LogP contribution is -2.13. The number of benzene rings is 1. The molecule has 1 aromatic rings. The van der Waals surface area contributed by atoms with Crippen LogP contribution in [0.15, 0.2) is 48.1 Å². The van der Waals surface area contributed by atoms with E-state index in [1.165, 1.54) is 5.57 Å². The maximum atomic E-state index is 6.22. The molecule has 1 unspecified atom stereocenters. The van der Waals surface area contributed by atoms with E-state index in [-0.39, 0.29) is 6.04 Å². The third-order valence-corrected chi connectivity index (χ3v) is 2.84. The van der Waals surface area contributed by atoms with Crippen LogP contribution in [-0.4, -0.2) is 7.11 Å². The fourth-order valence-corrected chi connectivity index (χ4v) is 1.89. The number of hydrogen-bond acceptors (Lipinski definition) is 2. The van der Waals surface area contributed by atoms with Crippen molar-refractivity contribution in [3.63, 3.8) is 0 Å². The predicted molar refractivity (Wildman–Crippen MR) is 66.4 cm³/mol. The quantitative estimate of drug-likeness (QED) is 0.841. The van der Waals surface area contributed by atoms with Crippen molar-refractivity contribution in [1.82, 2.24) is 0 Å². The first kappa shape index (κ1) is 11.0. The lowest BCUT2D eigenvalue weighted by Gasteiger charge is -2.16. The van der Waals surface area contributed by atoms with Crippen LogP contribution in [0.4, 0.5) is 0 Å². The largest absolute Gasteiger partial charge is 0.497 e. The molecule has 0 aliphatic heterocycles. The Bertz CT molecular complexity index is 420. The van der Waals surface area contributed by atoms with Crippen molar-refractivity contribution in [2.75, 3.05) is 7.11 Å². The zero-order valence-corrected chi connectivity index (χ0v) is 9.52. The van der Waals surface area contributed by atoms with Gasteiger partial charge in [0, 0.05) is 0 Å². The topological polar surface area (TPSA) is 35.2 Å². The smallest absolute Gasteiger partial charge is 0.119 e. The summed E-state index contributed by atoms with van der Waals surface area (Å²) < 4.78 is 5.20. The van der Waals surface area contributed by atoms with E-state index >= 15 is 0 Å². The summed E-state index contributed by atoms with van der Waals surface area (Å²) in [5, 5.41) is 0. The molecule has 0 amide bonds. The van der Waals surface area contributed by atoms with Crippen LogP contribution in [-0.2, 0) is 0 Å². The second kappa shape index (κ2) is 4.99. The summed E-state index contributed by atoms with van der Waals surface area (Å²) in [6.07, 6.45) is 8.71. The van der Waals surface area contributed by atoms with Crippen LogP contribution < -0.4 is 10.5 Å². The Kier molecular flexibility index (Phi) is 3.42. The minimum atomic E-state index is -0.0494. The molecule has 1 aromatic carbocycles. The first-order valence-corrected chi connectivity index (χ1v) is 5.57. The minimum Gasteiger partial charge on any atom is -0.497 e. The van der Waals surface area contributed by atoms with Gasteiger partial charge in [-0.15, -0.1) is 0 Å². The van der Waals surface area contributed by atoms with Crippen LogP contribution in [0, 0.1) is 0 Å². The third kappa shape index (κ3) is 2.34. The first-order chi connectivity index (χ1) is 7.81. The van der Waals surface area contributed by atoms with E-state index in [4.69, 9.17) is 10.5 Å². The SMILES string of the molecule is COc1cccc(C(N)C2=CCCC=C2)c1. The molecular weight excluding hydrogens is 198 g/mol. The summed E-state index contributed by atoms with van der Waals surface area (Å²) in [5.41, 5.74) is 8.51. The van der Waals surface area contributed by atoms with Gasteiger partial charge in [0.1, 0.15) is 5.75 Å². The Hall–Kier alpha value is -1.54. The normalized spacial score (nSPS) is 16.8. The lowest BCUT2D eigenvalue weighted by molar-refractivity contribution is 0.414. The number of nitrogens with two attached hydrogens (primary N) is 1.